The van der Waals surface area contributed by atoms with E-state index in [1.165, 1.54) is 0 Å². The molecule has 0 saturated heterocycles. The Labute approximate surface area is 88.7 Å². The highest BCUT2D eigenvalue weighted by Crippen LogP contribution is 2.16. The standard InChI is InChI=1S/C11H15NO3/c1-2-7-15-9-5-3-8(4-6-9)10(12)11(13)14/h3-6,10H,2,7,12H2,1H3,(H,13,14). The first-order valence-electron chi connectivity index (χ1n) is 4.86. The number of benzene rings is 1. The molecule has 0 heterocycles. The van der Waals surface area contributed by atoms with Gasteiger partial charge in [0.2, 0.25) is 0 Å². The number of aliphatic carboxylic acids is 1. The van der Waals surface area contributed by atoms with Gasteiger partial charge in [0, 0.05) is 0 Å². The van der Waals surface area contributed by atoms with E-state index in [0.29, 0.717) is 12.2 Å². The van der Waals surface area contributed by atoms with Gasteiger partial charge in [-0.05, 0) is 24.1 Å². The first kappa shape index (κ1) is 11.5. The summed E-state index contributed by atoms with van der Waals surface area (Å²) in [7, 11) is 0. The van der Waals surface area contributed by atoms with Gasteiger partial charge in [0.15, 0.2) is 0 Å². The maximum Gasteiger partial charge on any atom is 0.325 e. The maximum atomic E-state index is 10.6. The van der Waals surface area contributed by atoms with E-state index in [-0.39, 0.29) is 0 Å². The van der Waals surface area contributed by atoms with Crippen molar-refractivity contribution in [2.75, 3.05) is 6.61 Å². The number of ether oxygens (including phenoxy) is 1. The first-order chi connectivity index (χ1) is 7.15. The molecule has 0 radical (unpaired) electrons. The third-order valence-electron chi connectivity index (χ3n) is 1.98. The summed E-state index contributed by atoms with van der Waals surface area (Å²) in [6.45, 7) is 2.68. The molecule has 1 unspecified atom stereocenters. The second kappa shape index (κ2) is 5.36. The number of hydrogen-bond acceptors (Lipinski definition) is 3. The summed E-state index contributed by atoms with van der Waals surface area (Å²) in [5.41, 5.74) is 6.02. The zero-order valence-electron chi connectivity index (χ0n) is 8.64. The molecule has 1 rings (SSSR count). The van der Waals surface area contributed by atoms with E-state index in [0.717, 1.165) is 12.2 Å². The smallest absolute Gasteiger partial charge is 0.325 e. The molecule has 0 bridgehead atoms. The van der Waals surface area contributed by atoms with Crippen molar-refractivity contribution in [3.05, 3.63) is 29.8 Å². The van der Waals surface area contributed by atoms with Crippen molar-refractivity contribution in [1.82, 2.24) is 0 Å². The maximum absolute atomic E-state index is 10.6. The van der Waals surface area contributed by atoms with Crippen LogP contribution in [0.1, 0.15) is 24.9 Å². The summed E-state index contributed by atoms with van der Waals surface area (Å²) >= 11 is 0. The van der Waals surface area contributed by atoms with Gasteiger partial charge in [-0.15, -0.1) is 0 Å². The van der Waals surface area contributed by atoms with Gasteiger partial charge in [-0.3, -0.25) is 4.79 Å². The summed E-state index contributed by atoms with van der Waals surface area (Å²) in [6, 6.07) is 5.83. The number of carboxylic acid groups (broad SMARTS) is 1. The molecule has 15 heavy (non-hydrogen) atoms. The Bertz CT molecular complexity index is 321. The third-order valence-corrected chi connectivity index (χ3v) is 1.98. The molecule has 3 N–H and O–H groups in total. The van der Waals surface area contributed by atoms with Gasteiger partial charge in [-0.2, -0.15) is 0 Å². The van der Waals surface area contributed by atoms with Crippen molar-refractivity contribution >= 4 is 5.97 Å². The Balaban J connectivity index is 2.67. The van der Waals surface area contributed by atoms with Gasteiger partial charge in [0.1, 0.15) is 11.8 Å². The van der Waals surface area contributed by atoms with Crippen LogP contribution in [-0.2, 0) is 4.79 Å². The molecule has 1 aromatic rings. The average molecular weight is 209 g/mol. The lowest BCUT2D eigenvalue weighted by Crippen LogP contribution is -2.20. The highest BCUT2D eigenvalue weighted by atomic mass is 16.5. The van der Waals surface area contributed by atoms with Gasteiger partial charge >= 0.3 is 5.97 Å². The summed E-state index contributed by atoms with van der Waals surface area (Å²) in [6.07, 6.45) is 0.941. The Morgan fingerprint density at radius 3 is 2.53 bits per heavy atom. The zero-order chi connectivity index (χ0) is 11.3. The predicted molar refractivity (Wildman–Crippen MR) is 56.8 cm³/mol. The summed E-state index contributed by atoms with van der Waals surface area (Å²) in [5.74, 6) is -0.296. The van der Waals surface area contributed by atoms with E-state index in [2.05, 4.69) is 0 Å². The topological polar surface area (TPSA) is 72.5 Å². The summed E-state index contributed by atoms with van der Waals surface area (Å²) in [4.78, 5) is 10.6. The number of carbonyl (C=O) groups is 1. The van der Waals surface area contributed by atoms with Crippen molar-refractivity contribution in [1.29, 1.82) is 0 Å². The van der Waals surface area contributed by atoms with Gasteiger partial charge in [0.25, 0.3) is 0 Å². The van der Waals surface area contributed by atoms with Gasteiger partial charge in [-0.25, -0.2) is 0 Å². The highest BCUT2D eigenvalue weighted by Gasteiger charge is 2.13. The van der Waals surface area contributed by atoms with Crippen molar-refractivity contribution in [2.24, 2.45) is 5.73 Å². The van der Waals surface area contributed by atoms with Crippen LogP contribution in [0.25, 0.3) is 0 Å². The molecule has 0 saturated carbocycles. The third kappa shape index (κ3) is 3.25. The fourth-order valence-corrected chi connectivity index (χ4v) is 1.13. The SMILES string of the molecule is CCCOc1ccc(C(N)C(=O)O)cc1. The van der Waals surface area contributed by atoms with E-state index < -0.39 is 12.0 Å². The second-order valence-corrected chi connectivity index (χ2v) is 3.23. The summed E-state index contributed by atoms with van der Waals surface area (Å²) in [5, 5.41) is 8.69. The average Bonchev–Trinajstić information content (AvgIpc) is 2.26. The van der Waals surface area contributed by atoms with Crippen LogP contribution in [0.2, 0.25) is 0 Å². The molecule has 0 spiro atoms. The van der Waals surface area contributed by atoms with Gasteiger partial charge in [0.05, 0.1) is 6.61 Å². The monoisotopic (exact) mass is 209 g/mol. The quantitative estimate of drug-likeness (QED) is 0.771. The van der Waals surface area contributed by atoms with Crippen LogP contribution in [0, 0.1) is 0 Å². The first-order valence-corrected chi connectivity index (χ1v) is 4.86. The lowest BCUT2D eigenvalue weighted by molar-refractivity contribution is -0.138. The predicted octanol–water partition coefficient (Wildman–Crippen LogP) is 1.56. The van der Waals surface area contributed by atoms with Crippen LogP contribution in [0.3, 0.4) is 0 Å². The lowest BCUT2D eigenvalue weighted by atomic mass is 10.1. The number of carboxylic acids is 1. The molecule has 0 aliphatic rings. The van der Waals surface area contributed by atoms with E-state index >= 15 is 0 Å². The van der Waals surface area contributed by atoms with Crippen molar-refractivity contribution in [3.8, 4) is 5.75 Å². The van der Waals surface area contributed by atoms with Crippen LogP contribution in [-0.4, -0.2) is 17.7 Å². The highest BCUT2D eigenvalue weighted by molar-refractivity contribution is 5.75. The summed E-state index contributed by atoms with van der Waals surface area (Å²) < 4.78 is 5.36. The fourth-order valence-electron chi connectivity index (χ4n) is 1.13. The molecule has 0 fully saturated rings. The molecular weight excluding hydrogens is 194 g/mol. The van der Waals surface area contributed by atoms with Crippen LogP contribution in [0.4, 0.5) is 0 Å². The minimum absolute atomic E-state index is 0.575. The van der Waals surface area contributed by atoms with Crippen LogP contribution < -0.4 is 10.5 Å². The van der Waals surface area contributed by atoms with Gasteiger partial charge < -0.3 is 15.6 Å². The lowest BCUT2D eigenvalue weighted by Gasteiger charge is -2.08. The zero-order valence-corrected chi connectivity index (χ0v) is 8.64. The van der Waals surface area contributed by atoms with E-state index in [1.54, 1.807) is 24.3 Å². The molecule has 4 nitrogen and oxygen atoms in total. The van der Waals surface area contributed by atoms with E-state index in [9.17, 15) is 4.79 Å². The Hall–Kier alpha value is -1.55. The van der Waals surface area contributed by atoms with E-state index in [1.807, 2.05) is 6.92 Å². The molecule has 4 heteroatoms. The van der Waals surface area contributed by atoms with Crippen LogP contribution in [0.15, 0.2) is 24.3 Å². The molecule has 0 aromatic heterocycles. The Morgan fingerprint density at radius 1 is 1.47 bits per heavy atom. The Kier molecular flexibility index (Phi) is 4.12. The van der Waals surface area contributed by atoms with E-state index in [4.69, 9.17) is 15.6 Å². The minimum atomic E-state index is -1.03. The van der Waals surface area contributed by atoms with Crippen molar-refractivity contribution in [3.63, 3.8) is 0 Å². The molecule has 0 aliphatic heterocycles. The molecular formula is C11H15NO3. The Morgan fingerprint density at radius 2 is 2.07 bits per heavy atom. The molecule has 1 aromatic carbocycles. The largest absolute Gasteiger partial charge is 0.494 e. The number of hydrogen-bond donors (Lipinski definition) is 2. The normalized spacial score (nSPS) is 12.1. The van der Waals surface area contributed by atoms with Crippen molar-refractivity contribution in [2.45, 2.75) is 19.4 Å². The molecule has 82 valence electrons. The minimum Gasteiger partial charge on any atom is -0.494 e. The van der Waals surface area contributed by atoms with Crippen molar-refractivity contribution < 1.29 is 14.6 Å². The van der Waals surface area contributed by atoms with Crippen LogP contribution in [0.5, 0.6) is 5.75 Å². The van der Waals surface area contributed by atoms with Gasteiger partial charge in [-0.1, -0.05) is 19.1 Å². The van der Waals surface area contributed by atoms with Crippen LogP contribution >= 0.6 is 0 Å². The second-order valence-electron chi connectivity index (χ2n) is 3.23. The molecule has 0 aliphatic carbocycles. The molecule has 1 atom stereocenters. The number of rotatable bonds is 5. The molecule has 0 amide bonds. The number of nitrogens with two attached hydrogens (primary N) is 1. The fraction of sp³-hybridized carbons (Fsp3) is 0.364.